The smallest absolute Gasteiger partial charge is 0.254 e. The zero-order chi connectivity index (χ0) is 23.5. The van der Waals surface area contributed by atoms with Crippen LogP contribution in [0.5, 0.6) is 11.5 Å². The van der Waals surface area contributed by atoms with Gasteiger partial charge < -0.3 is 29.0 Å². The quantitative estimate of drug-likeness (QED) is 0.521. The normalized spacial score (nSPS) is 17.4. The molecular formula is C25H34N2O6. The van der Waals surface area contributed by atoms with E-state index in [-0.39, 0.29) is 18.6 Å². The van der Waals surface area contributed by atoms with Crippen molar-refractivity contribution in [2.75, 3.05) is 66.8 Å². The molecule has 1 amide bonds. The lowest BCUT2D eigenvalue weighted by molar-refractivity contribution is -0.0546. The Hall–Kier alpha value is -2.65. The topological polar surface area (TPSA) is 80.7 Å². The Morgan fingerprint density at radius 2 is 1.88 bits per heavy atom. The van der Waals surface area contributed by atoms with Crippen molar-refractivity contribution in [2.45, 2.75) is 12.2 Å². The summed E-state index contributed by atoms with van der Waals surface area (Å²) in [6, 6.07) is 16.5. The minimum Gasteiger partial charge on any atom is -0.497 e. The van der Waals surface area contributed by atoms with Crippen LogP contribution < -0.4 is 9.47 Å². The van der Waals surface area contributed by atoms with E-state index in [0.29, 0.717) is 50.7 Å². The standard InChI is InChI=1S/C25H34N2O6/c1-30-14-13-27(25(29)20-6-4-3-5-7-20)18-24-17-26(12-15-32-24)16-21(28)19-33-23-10-8-22(31-2)9-11-23/h3-11,21,24,28H,12-19H2,1-2H3. The number of aliphatic hydroxyl groups excluding tert-OH is 1. The van der Waals surface area contributed by atoms with E-state index in [0.717, 1.165) is 12.3 Å². The minimum atomic E-state index is -0.638. The van der Waals surface area contributed by atoms with E-state index in [9.17, 15) is 9.90 Å². The Morgan fingerprint density at radius 1 is 1.15 bits per heavy atom. The summed E-state index contributed by atoms with van der Waals surface area (Å²) in [7, 11) is 3.24. The lowest BCUT2D eigenvalue weighted by atomic mass is 10.1. The van der Waals surface area contributed by atoms with Crippen LogP contribution in [0.1, 0.15) is 10.4 Å². The van der Waals surface area contributed by atoms with E-state index in [1.807, 2.05) is 54.6 Å². The molecule has 1 aliphatic heterocycles. The van der Waals surface area contributed by atoms with E-state index >= 15 is 0 Å². The highest BCUT2D eigenvalue weighted by atomic mass is 16.5. The summed E-state index contributed by atoms with van der Waals surface area (Å²) in [5, 5.41) is 10.5. The summed E-state index contributed by atoms with van der Waals surface area (Å²) in [5.74, 6) is 1.40. The zero-order valence-corrected chi connectivity index (χ0v) is 19.4. The molecule has 8 heteroatoms. The molecule has 2 aromatic rings. The second-order valence-corrected chi connectivity index (χ2v) is 8.00. The van der Waals surface area contributed by atoms with E-state index in [4.69, 9.17) is 18.9 Å². The second kappa shape index (κ2) is 13.2. The van der Waals surface area contributed by atoms with Gasteiger partial charge in [-0.3, -0.25) is 9.69 Å². The zero-order valence-electron chi connectivity index (χ0n) is 19.4. The molecule has 2 unspecified atom stereocenters. The molecular weight excluding hydrogens is 424 g/mol. The predicted molar refractivity (Wildman–Crippen MR) is 125 cm³/mol. The van der Waals surface area contributed by atoms with Crippen molar-refractivity contribution < 1.29 is 28.8 Å². The average Bonchev–Trinajstić information content (AvgIpc) is 2.86. The summed E-state index contributed by atoms with van der Waals surface area (Å²) in [5.41, 5.74) is 0.646. The summed E-state index contributed by atoms with van der Waals surface area (Å²) < 4.78 is 22.0. The summed E-state index contributed by atoms with van der Waals surface area (Å²) in [6.07, 6.45) is -0.778. The number of carbonyl (C=O) groups excluding carboxylic acids is 1. The van der Waals surface area contributed by atoms with Crippen LogP contribution in [0.15, 0.2) is 54.6 Å². The van der Waals surface area contributed by atoms with Gasteiger partial charge in [-0.15, -0.1) is 0 Å². The molecule has 1 aliphatic rings. The fraction of sp³-hybridized carbons (Fsp3) is 0.480. The summed E-state index contributed by atoms with van der Waals surface area (Å²) >= 11 is 0. The molecule has 2 aromatic carbocycles. The highest BCUT2D eigenvalue weighted by molar-refractivity contribution is 5.94. The number of carbonyl (C=O) groups is 1. The van der Waals surface area contributed by atoms with E-state index in [1.165, 1.54) is 0 Å². The van der Waals surface area contributed by atoms with Gasteiger partial charge in [-0.1, -0.05) is 18.2 Å². The van der Waals surface area contributed by atoms with E-state index in [2.05, 4.69) is 4.90 Å². The molecule has 180 valence electrons. The van der Waals surface area contributed by atoms with Gasteiger partial charge in [0, 0.05) is 45.4 Å². The van der Waals surface area contributed by atoms with E-state index in [1.54, 1.807) is 19.1 Å². The van der Waals surface area contributed by atoms with Gasteiger partial charge in [0.1, 0.15) is 24.2 Å². The minimum absolute atomic E-state index is 0.0405. The van der Waals surface area contributed by atoms with Crippen LogP contribution in [-0.2, 0) is 9.47 Å². The first kappa shape index (κ1) is 25.0. The number of benzene rings is 2. The summed E-state index contributed by atoms with van der Waals surface area (Å²) in [6.45, 7) is 3.98. The van der Waals surface area contributed by atoms with Gasteiger partial charge in [-0.05, 0) is 36.4 Å². The van der Waals surface area contributed by atoms with Crippen LogP contribution in [-0.4, -0.2) is 99.8 Å². The van der Waals surface area contributed by atoms with Crippen LogP contribution in [0.2, 0.25) is 0 Å². The third-order valence-corrected chi connectivity index (χ3v) is 5.49. The maximum atomic E-state index is 13.0. The van der Waals surface area contributed by atoms with Crippen molar-refractivity contribution in [1.29, 1.82) is 0 Å². The molecule has 3 rings (SSSR count). The van der Waals surface area contributed by atoms with Crippen LogP contribution in [0.3, 0.4) is 0 Å². The monoisotopic (exact) mass is 458 g/mol. The third kappa shape index (κ3) is 8.01. The third-order valence-electron chi connectivity index (χ3n) is 5.49. The first-order chi connectivity index (χ1) is 16.1. The molecule has 1 heterocycles. The predicted octanol–water partition coefficient (Wildman–Crippen LogP) is 1.92. The number of nitrogens with zero attached hydrogens (tertiary/aromatic N) is 2. The lowest BCUT2D eigenvalue weighted by Crippen LogP contribution is -2.51. The largest absolute Gasteiger partial charge is 0.497 e. The van der Waals surface area contributed by atoms with Crippen molar-refractivity contribution >= 4 is 5.91 Å². The van der Waals surface area contributed by atoms with Crippen molar-refractivity contribution in [1.82, 2.24) is 9.80 Å². The highest BCUT2D eigenvalue weighted by Crippen LogP contribution is 2.17. The molecule has 8 nitrogen and oxygen atoms in total. The Morgan fingerprint density at radius 3 is 2.58 bits per heavy atom. The van der Waals surface area contributed by atoms with Crippen LogP contribution in [0.25, 0.3) is 0 Å². The number of amides is 1. The molecule has 0 radical (unpaired) electrons. The van der Waals surface area contributed by atoms with Gasteiger partial charge in [0.15, 0.2) is 0 Å². The number of β-amino-alcohol motifs (C(OH)–C–C–N with tert-alkyl or cyclic N) is 1. The fourth-order valence-electron chi connectivity index (χ4n) is 3.76. The number of hydrogen-bond acceptors (Lipinski definition) is 7. The molecule has 0 spiro atoms. The van der Waals surface area contributed by atoms with Crippen LogP contribution in [0, 0.1) is 0 Å². The molecule has 1 fully saturated rings. The lowest BCUT2D eigenvalue weighted by Gasteiger charge is -2.36. The first-order valence-corrected chi connectivity index (χ1v) is 11.2. The molecule has 0 aromatic heterocycles. The van der Waals surface area contributed by atoms with Gasteiger partial charge in [0.05, 0.1) is 26.4 Å². The molecule has 2 atom stereocenters. The van der Waals surface area contributed by atoms with Crippen molar-refractivity contribution in [3.8, 4) is 11.5 Å². The highest BCUT2D eigenvalue weighted by Gasteiger charge is 2.26. The fourth-order valence-corrected chi connectivity index (χ4v) is 3.76. The number of morpholine rings is 1. The Bertz CT molecular complexity index is 833. The van der Waals surface area contributed by atoms with Crippen molar-refractivity contribution in [2.24, 2.45) is 0 Å². The Labute approximate surface area is 195 Å². The maximum Gasteiger partial charge on any atom is 0.254 e. The second-order valence-electron chi connectivity index (χ2n) is 8.00. The van der Waals surface area contributed by atoms with Crippen molar-refractivity contribution in [3.05, 3.63) is 60.2 Å². The van der Waals surface area contributed by atoms with Gasteiger partial charge in [0.25, 0.3) is 5.91 Å². The molecule has 1 saturated heterocycles. The van der Waals surface area contributed by atoms with Crippen molar-refractivity contribution in [3.63, 3.8) is 0 Å². The molecule has 33 heavy (non-hydrogen) atoms. The number of ether oxygens (including phenoxy) is 4. The molecule has 1 N–H and O–H groups in total. The molecule has 0 bridgehead atoms. The maximum absolute atomic E-state index is 13.0. The van der Waals surface area contributed by atoms with Gasteiger partial charge >= 0.3 is 0 Å². The SMILES string of the molecule is COCCN(CC1CN(CC(O)COc2ccc(OC)cc2)CCO1)C(=O)c1ccccc1. The number of rotatable bonds is 12. The van der Waals surface area contributed by atoms with Crippen LogP contribution in [0.4, 0.5) is 0 Å². The first-order valence-electron chi connectivity index (χ1n) is 11.2. The average molecular weight is 459 g/mol. The number of aliphatic hydroxyl groups is 1. The number of methoxy groups -OCH3 is 2. The van der Waals surface area contributed by atoms with Crippen LogP contribution >= 0.6 is 0 Å². The van der Waals surface area contributed by atoms with E-state index < -0.39 is 6.10 Å². The van der Waals surface area contributed by atoms with Gasteiger partial charge in [-0.25, -0.2) is 0 Å². The number of hydrogen-bond donors (Lipinski definition) is 1. The summed E-state index contributed by atoms with van der Waals surface area (Å²) in [4.78, 5) is 16.9. The Balaban J connectivity index is 1.49. The Kier molecular flexibility index (Phi) is 9.96. The molecule has 0 aliphatic carbocycles. The van der Waals surface area contributed by atoms with Gasteiger partial charge in [-0.2, -0.15) is 0 Å². The molecule has 0 saturated carbocycles. The van der Waals surface area contributed by atoms with Gasteiger partial charge in [0.2, 0.25) is 0 Å².